The second-order valence-corrected chi connectivity index (χ2v) is 11.2. The summed E-state index contributed by atoms with van der Waals surface area (Å²) in [5, 5.41) is 1.27. The first kappa shape index (κ1) is 22.0. The van der Waals surface area contributed by atoms with Crippen LogP contribution >= 0.6 is 11.3 Å². The molecule has 0 amide bonds. The SMILES string of the molecule is COC(=O)C(CC(C)(C)C)c1c(C)nc2sc3c(c2c1-c1ccc(C)cc1)CCCC3. The Kier molecular flexibility index (Phi) is 5.95. The van der Waals surface area contributed by atoms with Crippen molar-refractivity contribution in [2.75, 3.05) is 7.11 Å². The number of pyridine rings is 1. The Hall–Kier alpha value is -2.20. The molecule has 0 fully saturated rings. The second kappa shape index (κ2) is 8.38. The van der Waals surface area contributed by atoms with Crippen molar-refractivity contribution < 1.29 is 9.53 Å². The molecule has 0 radical (unpaired) electrons. The molecule has 0 bridgehead atoms. The summed E-state index contributed by atoms with van der Waals surface area (Å²) in [6.07, 6.45) is 5.43. The van der Waals surface area contributed by atoms with Gasteiger partial charge < -0.3 is 4.74 Å². The molecule has 3 nitrogen and oxygen atoms in total. The fraction of sp³-hybridized carbons (Fsp3) is 0.481. The average Bonchev–Trinajstić information content (AvgIpc) is 3.08. The van der Waals surface area contributed by atoms with Gasteiger partial charge in [-0.2, -0.15) is 0 Å². The molecule has 4 rings (SSSR count). The number of aromatic nitrogens is 1. The normalized spacial score (nSPS) is 15.0. The van der Waals surface area contributed by atoms with Crippen molar-refractivity contribution >= 4 is 27.5 Å². The highest BCUT2D eigenvalue weighted by molar-refractivity contribution is 7.19. The molecule has 1 unspecified atom stereocenters. The number of methoxy groups -OCH3 is 1. The topological polar surface area (TPSA) is 39.2 Å². The standard InChI is InChI=1S/C27H33NO2S/c1-16-11-13-18(14-12-16)23-22(20(26(29)30-6)15-27(3,4)5)17(2)28-25-24(23)19-9-7-8-10-21(19)31-25/h11-14,20H,7-10,15H2,1-6H3. The van der Waals surface area contributed by atoms with Gasteiger partial charge in [0.05, 0.1) is 13.0 Å². The van der Waals surface area contributed by atoms with Crippen LogP contribution in [0.15, 0.2) is 24.3 Å². The predicted molar refractivity (Wildman–Crippen MR) is 130 cm³/mol. The molecule has 2 aromatic heterocycles. The minimum atomic E-state index is -0.336. The van der Waals surface area contributed by atoms with E-state index in [-0.39, 0.29) is 17.3 Å². The fourth-order valence-electron chi connectivity index (χ4n) is 4.92. The Balaban J connectivity index is 2.08. The van der Waals surface area contributed by atoms with E-state index in [1.807, 2.05) is 11.3 Å². The third-order valence-electron chi connectivity index (χ3n) is 6.32. The Morgan fingerprint density at radius 2 is 1.81 bits per heavy atom. The van der Waals surface area contributed by atoms with Gasteiger partial charge in [0.2, 0.25) is 0 Å². The molecule has 1 aromatic carbocycles. The smallest absolute Gasteiger partial charge is 0.313 e. The molecule has 2 heterocycles. The number of esters is 1. The lowest BCUT2D eigenvalue weighted by atomic mass is 9.77. The highest BCUT2D eigenvalue weighted by atomic mass is 32.1. The van der Waals surface area contributed by atoms with E-state index >= 15 is 0 Å². The lowest BCUT2D eigenvalue weighted by Crippen LogP contribution is -2.22. The van der Waals surface area contributed by atoms with Crippen LogP contribution < -0.4 is 0 Å². The Morgan fingerprint density at radius 3 is 2.45 bits per heavy atom. The number of hydrogen-bond donors (Lipinski definition) is 0. The average molecular weight is 436 g/mol. The molecule has 31 heavy (non-hydrogen) atoms. The van der Waals surface area contributed by atoms with Gasteiger partial charge in [-0.1, -0.05) is 50.6 Å². The molecule has 0 N–H and O–H groups in total. The molecule has 4 heteroatoms. The number of benzene rings is 1. The molecule has 1 aliphatic rings. The summed E-state index contributed by atoms with van der Waals surface area (Å²) < 4.78 is 5.32. The zero-order valence-electron chi connectivity index (χ0n) is 19.6. The summed E-state index contributed by atoms with van der Waals surface area (Å²) in [6, 6.07) is 8.73. The monoisotopic (exact) mass is 435 g/mol. The van der Waals surface area contributed by atoms with Gasteiger partial charge in [-0.15, -0.1) is 11.3 Å². The van der Waals surface area contributed by atoms with Gasteiger partial charge >= 0.3 is 5.97 Å². The Bertz CT molecular complexity index is 1120. The largest absolute Gasteiger partial charge is 0.469 e. The van der Waals surface area contributed by atoms with Gasteiger partial charge in [-0.25, -0.2) is 4.98 Å². The maximum atomic E-state index is 13.1. The van der Waals surface area contributed by atoms with E-state index in [9.17, 15) is 4.79 Å². The van der Waals surface area contributed by atoms with E-state index in [1.54, 1.807) is 0 Å². The number of thiophene rings is 1. The first-order valence-corrected chi connectivity index (χ1v) is 12.1. The summed E-state index contributed by atoms with van der Waals surface area (Å²) in [6.45, 7) is 10.7. The van der Waals surface area contributed by atoms with Crippen LogP contribution in [-0.2, 0) is 22.4 Å². The van der Waals surface area contributed by atoms with Crippen LogP contribution in [0.3, 0.4) is 0 Å². The second-order valence-electron chi connectivity index (χ2n) is 10.1. The highest BCUT2D eigenvalue weighted by Crippen LogP contribution is 2.46. The van der Waals surface area contributed by atoms with Gasteiger partial charge in [-0.05, 0) is 73.6 Å². The van der Waals surface area contributed by atoms with E-state index < -0.39 is 0 Å². The summed E-state index contributed by atoms with van der Waals surface area (Å²) in [5.74, 6) is -0.506. The number of rotatable bonds is 4. The number of nitrogens with zero attached hydrogens (tertiary/aromatic N) is 1. The molecular weight excluding hydrogens is 402 g/mol. The van der Waals surface area contributed by atoms with Crippen molar-refractivity contribution in [2.24, 2.45) is 5.41 Å². The molecule has 1 aliphatic carbocycles. The van der Waals surface area contributed by atoms with Crippen LogP contribution in [0.4, 0.5) is 0 Å². The van der Waals surface area contributed by atoms with Crippen molar-refractivity contribution in [2.45, 2.75) is 72.6 Å². The van der Waals surface area contributed by atoms with E-state index in [2.05, 4.69) is 58.9 Å². The number of carbonyl (C=O) groups is 1. The number of carbonyl (C=O) groups excluding carboxylic acids is 1. The van der Waals surface area contributed by atoms with Crippen LogP contribution in [0.1, 0.15) is 73.2 Å². The first-order valence-electron chi connectivity index (χ1n) is 11.3. The third-order valence-corrected chi connectivity index (χ3v) is 7.51. The molecule has 3 aromatic rings. The van der Waals surface area contributed by atoms with Gasteiger partial charge in [0.25, 0.3) is 0 Å². The van der Waals surface area contributed by atoms with Crippen molar-refractivity contribution in [3.8, 4) is 11.1 Å². The summed E-state index contributed by atoms with van der Waals surface area (Å²) in [5.41, 5.74) is 7.03. The van der Waals surface area contributed by atoms with E-state index in [1.165, 1.54) is 52.5 Å². The molecular formula is C27H33NO2S. The number of aryl methyl sites for hydroxylation is 4. The van der Waals surface area contributed by atoms with E-state index in [0.29, 0.717) is 0 Å². The van der Waals surface area contributed by atoms with Gasteiger partial charge in [-0.3, -0.25) is 4.79 Å². The van der Waals surface area contributed by atoms with Crippen molar-refractivity contribution in [3.63, 3.8) is 0 Å². The quantitative estimate of drug-likeness (QED) is 0.408. The summed E-state index contributed by atoms with van der Waals surface area (Å²) in [7, 11) is 1.50. The zero-order chi connectivity index (χ0) is 22.3. The molecule has 0 aliphatic heterocycles. The van der Waals surface area contributed by atoms with Gasteiger partial charge in [0.1, 0.15) is 4.83 Å². The lowest BCUT2D eigenvalue weighted by Gasteiger charge is -2.28. The first-order chi connectivity index (χ1) is 14.7. The minimum absolute atomic E-state index is 0.0150. The van der Waals surface area contributed by atoms with Crippen LogP contribution in [0.5, 0.6) is 0 Å². The lowest BCUT2D eigenvalue weighted by molar-refractivity contribution is -0.143. The minimum Gasteiger partial charge on any atom is -0.469 e. The van der Waals surface area contributed by atoms with E-state index in [4.69, 9.17) is 9.72 Å². The number of hydrogen-bond acceptors (Lipinski definition) is 4. The maximum Gasteiger partial charge on any atom is 0.313 e. The Morgan fingerprint density at radius 1 is 1.13 bits per heavy atom. The van der Waals surface area contributed by atoms with Crippen LogP contribution in [0.2, 0.25) is 0 Å². The Labute approximate surface area is 189 Å². The van der Waals surface area contributed by atoms with Crippen LogP contribution in [0.25, 0.3) is 21.3 Å². The predicted octanol–water partition coefficient (Wildman–Crippen LogP) is 7.15. The van der Waals surface area contributed by atoms with Crippen LogP contribution in [-0.4, -0.2) is 18.1 Å². The van der Waals surface area contributed by atoms with Crippen molar-refractivity contribution in [1.29, 1.82) is 0 Å². The van der Waals surface area contributed by atoms with Crippen molar-refractivity contribution in [3.05, 3.63) is 51.5 Å². The molecule has 0 saturated carbocycles. The van der Waals surface area contributed by atoms with E-state index in [0.717, 1.165) is 35.4 Å². The third kappa shape index (κ3) is 4.27. The summed E-state index contributed by atoms with van der Waals surface area (Å²) in [4.78, 5) is 20.7. The molecule has 0 spiro atoms. The fourth-order valence-corrected chi connectivity index (χ4v) is 6.24. The maximum absolute atomic E-state index is 13.1. The zero-order valence-corrected chi connectivity index (χ0v) is 20.4. The van der Waals surface area contributed by atoms with Crippen molar-refractivity contribution in [1.82, 2.24) is 4.98 Å². The summed E-state index contributed by atoms with van der Waals surface area (Å²) >= 11 is 1.85. The molecule has 0 saturated heterocycles. The number of fused-ring (bicyclic) bond motifs is 3. The van der Waals surface area contributed by atoms with Gasteiger partial charge in [0.15, 0.2) is 0 Å². The van der Waals surface area contributed by atoms with Gasteiger partial charge in [0, 0.05) is 16.0 Å². The highest BCUT2D eigenvalue weighted by Gasteiger charge is 2.33. The molecule has 1 atom stereocenters. The van der Waals surface area contributed by atoms with Crippen LogP contribution in [0, 0.1) is 19.3 Å². The number of ether oxygens (including phenoxy) is 1. The molecule has 164 valence electrons.